The first-order valence-corrected chi connectivity index (χ1v) is 10.7. The molecule has 1 fully saturated rings. The topological polar surface area (TPSA) is 80.6 Å². The number of ether oxygens (including phenoxy) is 2. The second-order valence-corrected chi connectivity index (χ2v) is 9.14. The van der Waals surface area contributed by atoms with Crippen molar-refractivity contribution >= 4 is 17.6 Å². The Morgan fingerprint density at radius 1 is 1.20 bits per heavy atom. The summed E-state index contributed by atoms with van der Waals surface area (Å²) in [5, 5.41) is 9.88. The van der Waals surface area contributed by atoms with Crippen molar-refractivity contribution in [1.29, 1.82) is 5.26 Å². The Morgan fingerprint density at radius 2 is 2.00 bits per heavy atom. The van der Waals surface area contributed by atoms with Gasteiger partial charge >= 0.3 is 0 Å². The molecule has 2 aromatic rings. The maximum absolute atomic E-state index is 9.33. The van der Waals surface area contributed by atoms with Crippen LogP contribution in [0, 0.1) is 16.7 Å². The van der Waals surface area contributed by atoms with Crippen molar-refractivity contribution in [3.63, 3.8) is 0 Å². The highest BCUT2D eigenvalue weighted by Crippen LogP contribution is 2.61. The van der Waals surface area contributed by atoms with Crippen LogP contribution in [-0.2, 0) is 21.4 Å². The average molecular weight is 422 g/mol. The van der Waals surface area contributed by atoms with E-state index in [2.05, 4.69) is 24.3 Å². The number of amidine groups is 1. The number of methoxy groups -OCH3 is 1. The number of halogens is 1. The molecule has 154 valence electrons. The van der Waals surface area contributed by atoms with E-state index in [4.69, 9.17) is 31.8 Å². The van der Waals surface area contributed by atoms with Gasteiger partial charge in [0.2, 0.25) is 0 Å². The number of benzene rings is 2. The summed E-state index contributed by atoms with van der Waals surface area (Å²) in [6.07, 6.45) is 5.39. The minimum absolute atomic E-state index is 0.00372. The van der Waals surface area contributed by atoms with Gasteiger partial charge in [-0.3, -0.25) is 0 Å². The Balaban J connectivity index is 1.62. The summed E-state index contributed by atoms with van der Waals surface area (Å²) in [5.41, 5.74) is 10.6. The Labute approximate surface area is 181 Å². The number of fused-ring (bicyclic) bond motifs is 3. The Bertz CT molecular complexity index is 1080. The maximum Gasteiger partial charge on any atom is 0.283 e. The minimum Gasteiger partial charge on any atom is -0.462 e. The van der Waals surface area contributed by atoms with E-state index >= 15 is 0 Å². The standard InChI is InChI=1S/C24H24ClN3O2/c1-29-20-4-6-23(7-5-20)12-17-3-2-16(18-8-15(13-26)9-19(25)10-18)11-21(17)24(23)14-30-22(27)28-24/h2-3,8-11,20H,4-7,12,14H2,1H3,(H2,27,28)/t20?,23?,24-/m1/s1. The van der Waals surface area contributed by atoms with E-state index in [1.165, 1.54) is 11.1 Å². The molecule has 1 atom stereocenters. The molecule has 2 N–H and O–H groups in total. The number of aliphatic imine (C=N–C) groups is 1. The average Bonchev–Trinajstić information content (AvgIpc) is 3.27. The van der Waals surface area contributed by atoms with Gasteiger partial charge in [0.1, 0.15) is 12.1 Å². The molecule has 3 aliphatic rings. The fourth-order valence-corrected chi connectivity index (χ4v) is 5.96. The fraction of sp³-hybridized carbons (Fsp3) is 0.417. The van der Waals surface area contributed by atoms with Crippen LogP contribution in [0.5, 0.6) is 0 Å². The number of rotatable bonds is 2. The quantitative estimate of drug-likeness (QED) is 0.771. The Hall–Kier alpha value is -2.55. The zero-order chi connectivity index (χ0) is 20.9. The van der Waals surface area contributed by atoms with Gasteiger partial charge in [-0.15, -0.1) is 0 Å². The second-order valence-electron chi connectivity index (χ2n) is 8.70. The van der Waals surface area contributed by atoms with E-state index < -0.39 is 5.54 Å². The van der Waals surface area contributed by atoms with Crippen molar-refractivity contribution in [2.24, 2.45) is 16.1 Å². The van der Waals surface area contributed by atoms with Crippen molar-refractivity contribution in [3.8, 4) is 17.2 Å². The molecular weight excluding hydrogens is 398 g/mol. The first-order valence-electron chi connectivity index (χ1n) is 10.3. The molecule has 2 spiro atoms. The molecule has 30 heavy (non-hydrogen) atoms. The van der Waals surface area contributed by atoms with Crippen LogP contribution in [0.2, 0.25) is 5.02 Å². The normalized spacial score (nSPS) is 29.5. The van der Waals surface area contributed by atoms with Crippen LogP contribution < -0.4 is 5.73 Å². The van der Waals surface area contributed by atoms with E-state index in [0.717, 1.165) is 43.2 Å². The number of nitrogens with two attached hydrogens (primary N) is 1. The molecule has 6 heteroatoms. The first kappa shape index (κ1) is 19.4. The zero-order valence-corrected chi connectivity index (χ0v) is 17.7. The van der Waals surface area contributed by atoms with E-state index in [1.54, 1.807) is 13.2 Å². The highest BCUT2D eigenvalue weighted by atomic mass is 35.5. The fourth-order valence-electron chi connectivity index (χ4n) is 5.72. The molecule has 5 rings (SSSR count). The van der Waals surface area contributed by atoms with Gasteiger partial charge < -0.3 is 15.2 Å². The number of nitrogens with zero attached hydrogens (tertiary/aromatic N) is 2. The van der Waals surface area contributed by atoms with Gasteiger partial charge in [-0.25, -0.2) is 4.99 Å². The molecule has 0 radical (unpaired) electrons. The van der Waals surface area contributed by atoms with Crippen molar-refractivity contribution in [2.75, 3.05) is 13.7 Å². The van der Waals surface area contributed by atoms with Crippen molar-refractivity contribution in [1.82, 2.24) is 0 Å². The van der Waals surface area contributed by atoms with Crippen LogP contribution in [0.15, 0.2) is 41.4 Å². The third kappa shape index (κ3) is 2.82. The Kier molecular flexibility index (Phi) is 4.53. The van der Waals surface area contributed by atoms with Gasteiger partial charge in [-0.05, 0) is 78.6 Å². The third-order valence-corrected chi connectivity index (χ3v) is 7.49. The third-order valence-electron chi connectivity index (χ3n) is 7.27. The molecule has 0 unspecified atom stereocenters. The molecule has 2 aliphatic carbocycles. The molecule has 2 aromatic carbocycles. The number of hydrogen-bond donors (Lipinski definition) is 1. The lowest BCUT2D eigenvalue weighted by Crippen LogP contribution is -2.46. The summed E-state index contributed by atoms with van der Waals surface area (Å²) in [6.45, 7) is 0.478. The molecular formula is C24H24ClN3O2. The van der Waals surface area contributed by atoms with Crippen molar-refractivity contribution in [3.05, 3.63) is 58.1 Å². The van der Waals surface area contributed by atoms with Crippen LogP contribution in [0.1, 0.15) is 42.4 Å². The summed E-state index contributed by atoms with van der Waals surface area (Å²) in [7, 11) is 1.80. The lowest BCUT2D eigenvalue weighted by molar-refractivity contribution is -0.00983. The van der Waals surface area contributed by atoms with Crippen LogP contribution in [0.3, 0.4) is 0 Å². The molecule has 1 heterocycles. The number of hydrogen-bond acceptors (Lipinski definition) is 5. The monoisotopic (exact) mass is 421 g/mol. The molecule has 5 nitrogen and oxygen atoms in total. The minimum atomic E-state index is -0.461. The first-order chi connectivity index (χ1) is 14.5. The van der Waals surface area contributed by atoms with Gasteiger partial charge in [0, 0.05) is 17.5 Å². The van der Waals surface area contributed by atoms with Gasteiger partial charge in [-0.2, -0.15) is 5.26 Å². The van der Waals surface area contributed by atoms with Crippen LogP contribution in [0.4, 0.5) is 0 Å². The van der Waals surface area contributed by atoms with E-state index in [-0.39, 0.29) is 11.4 Å². The van der Waals surface area contributed by atoms with Crippen LogP contribution >= 0.6 is 11.6 Å². The lowest BCUT2D eigenvalue weighted by atomic mass is 9.62. The number of nitriles is 1. The second kappa shape index (κ2) is 7.01. The maximum atomic E-state index is 9.33. The van der Waals surface area contributed by atoms with Crippen LogP contribution in [-0.4, -0.2) is 25.8 Å². The van der Waals surface area contributed by atoms with Gasteiger partial charge in [-0.1, -0.05) is 23.7 Å². The molecule has 0 amide bonds. The smallest absolute Gasteiger partial charge is 0.283 e. The van der Waals surface area contributed by atoms with E-state index in [9.17, 15) is 5.26 Å². The molecule has 0 aromatic heterocycles. The largest absolute Gasteiger partial charge is 0.462 e. The Morgan fingerprint density at radius 3 is 2.67 bits per heavy atom. The van der Waals surface area contributed by atoms with Gasteiger partial charge in [0.05, 0.1) is 17.7 Å². The molecule has 0 bridgehead atoms. The SMILES string of the molecule is COC1CCC2(CC1)Cc1ccc(-c3cc(Cl)cc(C#N)c3)cc1[C@]21COC(N)=N1. The summed E-state index contributed by atoms with van der Waals surface area (Å²) >= 11 is 6.26. The van der Waals surface area contributed by atoms with Gasteiger partial charge in [0.15, 0.2) is 0 Å². The molecule has 0 saturated heterocycles. The lowest BCUT2D eigenvalue weighted by Gasteiger charge is -2.45. The van der Waals surface area contributed by atoms with E-state index in [0.29, 0.717) is 23.3 Å². The van der Waals surface area contributed by atoms with Crippen molar-refractivity contribution in [2.45, 2.75) is 43.7 Å². The molecule has 1 aliphatic heterocycles. The summed E-state index contributed by atoms with van der Waals surface area (Å²) in [6, 6.07) is 14.4. The predicted octanol–water partition coefficient (Wildman–Crippen LogP) is 4.55. The van der Waals surface area contributed by atoms with Gasteiger partial charge in [0.25, 0.3) is 6.02 Å². The zero-order valence-electron chi connectivity index (χ0n) is 17.0. The summed E-state index contributed by atoms with van der Waals surface area (Å²) in [5.74, 6) is 0. The van der Waals surface area contributed by atoms with E-state index in [1.807, 2.05) is 12.1 Å². The highest BCUT2D eigenvalue weighted by molar-refractivity contribution is 6.31. The summed E-state index contributed by atoms with van der Waals surface area (Å²) < 4.78 is 11.4. The highest BCUT2D eigenvalue weighted by Gasteiger charge is 2.61. The predicted molar refractivity (Wildman–Crippen MR) is 116 cm³/mol. The van der Waals surface area contributed by atoms with Crippen molar-refractivity contribution < 1.29 is 9.47 Å². The molecule has 1 saturated carbocycles. The summed E-state index contributed by atoms with van der Waals surface area (Å²) in [4.78, 5) is 4.93. The van der Waals surface area contributed by atoms with Crippen LogP contribution in [0.25, 0.3) is 11.1 Å².